The predicted molar refractivity (Wildman–Crippen MR) is 77.9 cm³/mol. The summed E-state index contributed by atoms with van der Waals surface area (Å²) in [5, 5.41) is 19.0. The number of aliphatic hydroxyl groups is 1. The average Bonchev–Trinajstić information content (AvgIpc) is 2.83. The molecule has 1 heterocycles. The number of carbonyl (C=O) groups is 1. The lowest BCUT2D eigenvalue weighted by atomic mass is 9.97. The van der Waals surface area contributed by atoms with Gasteiger partial charge in [0.1, 0.15) is 0 Å². The molecule has 0 radical (unpaired) electrons. The third-order valence-electron chi connectivity index (χ3n) is 3.97. The quantitative estimate of drug-likeness (QED) is 0.795. The van der Waals surface area contributed by atoms with E-state index in [-0.39, 0.29) is 17.9 Å². The van der Waals surface area contributed by atoms with Crippen molar-refractivity contribution >= 4 is 5.91 Å². The van der Waals surface area contributed by atoms with Gasteiger partial charge in [-0.15, -0.1) is 0 Å². The monoisotopic (exact) mass is 281 g/mol. The second kappa shape index (κ2) is 7.05. The Kier molecular flexibility index (Phi) is 5.97. The third-order valence-corrected chi connectivity index (χ3v) is 3.97. The second-order valence-corrected chi connectivity index (χ2v) is 6.24. The topological polar surface area (TPSA) is 67.6 Å². The summed E-state index contributed by atoms with van der Waals surface area (Å²) in [5.41, 5.74) is -0.784. The molecule has 1 saturated heterocycles. The van der Waals surface area contributed by atoms with Gasteiger partial charge >= 0.3 is 0 Å². The van der Waals surface area contributed by atoms with Crippen LogP contribution in [0.4, 0.5) is 0 Å². The van der Waals surface area contributed by atoms with E-state index < -0.39 is 5.60 Å². The van der Waals surface area contributed by atoms with E-state index in [4.69, 9.17) is 5.26 Å². The summed E-state index contributed by atoms with van der Waals surface area (Å²) in [7, 11) is 0. The fourth-order valence-corrected chi connectivity index (χ4v) is 2.87. The summed E-state index contributed by atoms with van der Waals surface area (Å²) < 4.78 is 0. The van der Waals surface area contributed by atoms with Crippen molar-refractivity contribution in [2.75, 3.05) is 26.2 Å². The van der Waals surface area contributed by atoms with Crippen LogP contribution in [0.1, 0.15) is 40.5 Å². The van der Waals surface area contributed by atoms with Crippen molar-refractivity contribution in [2.24, 2.45) is 5.92 Å². The normalized spacial score (nSPS) is 21.5. The highest BCUT2D eigenvalue weighted by Crippen LogP contribution is 2.26. The van der Waals surface area contributed by atoms with Gasteiger partial charge in [0.15, 0.2) is 0 Å². The van der Waals surface area contributed by atoms with E-state index in [2.05, 4.69) is 11.0 Å². The third kappa shape index (κ3) is 4.46. The number of carbonyl (C=O) groups excluding carboxylic acids is 1. The van der Waals surface area contributed by atoms with Crippen molar-refractivity contribution < 1.29 is 9.90 Å². The van der Waals surface area contributed by atoms with Crippen molar-refractivity contribution in [1.29, 1.82) is 5.26 Å². The molecule has 0 aromatic rings. The van der Waals surface area contributed by atoms with Gasteiger partial charge < -0.3 is 10.0 Å². The molecule has 0 aromatic carbocycles. The van der Waals surface area contributed by atoms with Crippen LogP contribution in [0.3, 0.4) is 0 Å². The molecule has 20 heavy (non-hydrogen) atoms. The number of hydrogen-bond donors (Lipinski definition) is 1. The first-order valence-electron chi connectivity index (χ1n) is 7.43. The van der Waals surface area contributed by atoms with Crippen LogP contribution >= 0.6 is 0 Å². The van der Waals surface area contributed by atoms with Crippen LogP contribution in [-0.4, -0.2) is 58.6 Å². The van der Waals surface area contributed by atoms with Crippen LogP contribution in [0.25, 0.3) is 0 Å². The fraction of sp³-hybridized carbons (Fsp3) is 0.867. The molecule has 1 rings (SSSR count). The van der Waals surface area contributed by atoms with Crippen LogP contribution in [0.5, 0.6) is 0 Å². The van der Waals surface area contributed by atoms with Gasteiger partial charge in [-0.2, -0.15) is 5.26 Å². The Balaban J connectivity index is 2.62. The lowest BCUT2D eigenvalue weighted by molar-refractivity contribution is -0.133. The van der Waals surface area contributed by atoms with E-state index in [0.717, 1.165) is 19.4 Å². The van der Waals surface area contributed by atoms with Crippen LogP contribution in [0, 0.1) is 17.2 Å². The summed E-state index contributed by atoms with van der Waals surface area (Å²) in [5.74, 6) is -0.103. The van der Waals surface area contributed by atoms with Gasteiger partial charge in [-0.1, -0.05) is 0 Å². The van der Waals surface area contributed by atoms with Crippen molar-refractivity contribution in [3.05, 3.63) is 0 Å². The summed E-state index contributed by atoms with van der Waals surface area (Å²) in [6.45, 7) is 9.64. The smallest absolute Gasteiger partial charge is 0.236 e. The van der Waals surface area contributed by atoms with Crippen LogP contribution in [-0.2, 0) is 4.79 Å². The van der Waals surface area contributed by atoms with E-state index in [0.29, 0.717) is 19.6 Å². The van der Waals surface area contributed by atoms with Crippen molar-refractivity contribution in [1.82, 2.24) is 9.80 Å². The zero-order valence-electron chi connectivity index (χ0n) is 13.1. The molecule has 1 N–H and O–H groups in total. The lowest BCUT2D eigenvalue weighted by Gasteiger charge is -2.34. The van der Waals surface area contributed by atoms with Crippen molar-refractivity contribution in [2.45, 2.75) is 52.2 Å². The lowest BCUT2D eigenvalue weighted by Crippen LogP contribution is -2.50. The SMILES string of the molecule is CCN(CC(C)C#N)C(=O)CN1CCCC1C(C)(C)O. The Labute approximate surface area is 122 Å². The maximum Gasteiger partial charge on any atom is 0.236 e. The first-order chi connectivity index (χ1) is 9.29. The first-order valence-corrected chi connectivity index (χ1v) is 7.43. The Hall–Kier alpha value is -1.12. The van der Waals surface area contributed by atoms with Crippen LogP contribution in [0.2, 0.25) is 0 Å². The van der Waals surface area contributed by atoms with Gasteiger partial charge in [-0.3, -0.25) is 9.69 Å². The van der Waals surface area contributed by atoms with E-state index in [9.17, 15) is 9.90 Å². The maximum absolute atomic E-state index is 12.3. The van der Waals surface area contributed by atoms with Gasteiger partial charge in [0.05, 0.1) is 24.1 Å². The molecule has 5 heteroatoms. The van der Waals surface area contributed by atoms with E-state index in [1.807, 2.05) is 13.8 Å². The van der Waals surface area contributed by atoms with Crippen LogP contribution in [0.15, 0.2) is 0 Å². The highest BCUT2D eigenvalue weighted by molar-refractivity contribution is 5.78. The Morgan fingerprint density at radius 2 is 2.25 bits per heavy atom. The molecule has 1 fully saturated rings. The Bertz CT molecular complexity index is 370. The maximum atomic E-state index is 12.3. The number of rotatable bonds is 6. The van der Waals surface area contributed by atoms with Gasteiger partial charge in [-0.25, -0.2) is 0 Å². The van der Waals surface area contributed by atoms with Crippen molar-refractivity contribution in [3.8, 4) is 6.07 Å². The largest absolute Gasteiger partial charge is 0.389 e. The molecule has 2 unspecified atom stereocenters. The Morgan fingerprint density at radius 1 is 1.60 bits per heavy atom. The van der Waals surface area contributed by atoms with Crippen LogP contribution < -0.4 is 0 Å². The summed E-state index contributed by atoms with van der Waals surface area (Å²) in [4.78, 5) is 16.1. The first kappa shape index (κ1) is 16.9. The molecule has 0 spiro atoms. The number of hydrogen-bond acceptors (Lipinski definition) is 4. The minimum Gasteiger partial charge on any atom is -0.389 e. The number of likely N-dealkylation sites (N-methyl/N-ethyl adjacent to an activating group) is 1. The van der Waals surface area contributed by atoms with Gasteiger partial charge in [0.25, 0.3) is 0 Å². The molecule has 0 saturated carbocycles. The predicted octanol–water partition coefficient (Wildman–Crippen LogP) is 1.23. The number of nitriles is 1. The molecular formula is C15H27N3O2. The van der Waals surface area contributed by atoms with Crippen molar-refractivity contribution in [3.63, 3.8) is 0 Å². The molecular weight excluding hydrogens is 254 g/mol. The van der Waals surface area contributed by atoms with Gasteiger partial charge in [-0.05, 0) is 47.1 Å². The van der Waals surface area contributed by atoms with Gasteiger partial charge in [0.2, 0.25) is 5.91 Å². The standard InChI is InChI=1S/C15H27N3O2/c1-5-17(10-12(2)9-16)14(19)11-18-8-6-7-13(18)15(3,4)20/h12-13,20H,5-8,10-11H2,1-4H3. The molecule has 0 aliphatic carbocycles. The number of amides is 1. The zero-order chi connectivity index (χ0) is 15.3. The minimum absolute atomic E-state index is 0.0403. The molecule has 2 atom stereocenters. The molecule has 1 aliphatic heterocycles. The van der Waals surface area contributed by atoms with E-state index in [1.54, 1.807) is 18.7 Å². The molecule has 5 nitrogen and oxygen atoms in total. The Morgan fingerprint density at radius 3 is 2.75 bits per heavy atom. The molecule has 1 aliphatic rings. The summed E-state index contributed by atoms with van der Waals surface area (Å²) >= 11 is 0. The van der Waals surface area contributed by atoms with Gasteiger partial charge in [0, 0.05) is 19.1 Å². The highest BCUT2D eigenvalue weighted by Gasteiger charge is 2.37. The van der Waals surface area contributed by atoms with E-state index in [1.165, 1.54) is 0 Å². The molecule has 1 amide bonds. The molecule has 0 bridgehead atoms. The highest BCUT2D eigenvalue weighted by atomic mass is 16.3. The molecule has 0 aromatic heterocycles. The summed E-state index contributed by atoms with van der Waals surface area (Å²) in [6, 6.07) is 2.20. The minimum atomic E-state index is -0.784. The zero-order valence-corrected chi connectivity index (χ0v) is 13.1. The van der Waals surface area contributed by atoms with E-state index >= 15 is 0 Å². The second-order valence-electron chi connectivity index (χ2n) is 6.24. The fourth-order valence-electron chi connectivity index (χ4n) is 2.87. The number of nitrogens with zero attached hydrogens (tertiary/aromatic N) is 3. The number of likely N-dealkylation sites (tertiary alicyclic amines) is 1. The average molecular weight is 281 g/mol. The summed E-state index contributed by atoms with van der Waals surface area (Å²) in [6.07, 6.45) is 1.94. The molecule has 114 valence electrons.